The highest BCUT2D eigenvalue weighted by Crippen LogP contribution is 2.42. The summed E-state index contributed by atoms with van der Waals surface area (Å²) >= 11 is 0. The second kappa shape index (κ2) is 5.92. The number of nitro benzene ring substituents is 1. The normalized spacial score (nSPS) is 10.4. The van der Waals surface area contributed by atoms with Crippen molar-refractivity contribution in [3.8, 4) is 16.9 Å². The molecule has 1 aromatic heterocycles. The predicted octanol–water partition coefficient (Wildman–Crippen LogP) is 0.773. The first kappa shape index (κ1) is 17.4. The fraction of sp³-hybridized carbons (Fsp3) is 0. The van der Waals surface area contributed by atoms with Crippen LogP contribution in [0.2, 0.25) is 0 Å². The van der Waals surface area contributed by atoms with Gasteiger partial charge in [0.25, 0.3) is 5.56 Å². The molecular formula is C13H8FN3O8. The third-order valence-corrected chi connectivity index (χ3v) is 3.22. The Morgan fingerprint density at radius 1 is 1.16 bits per heavy atom. The Morgan fingerprint density at radius 2 is 1.72 bits per heavy atom. The molecule has 0 radical (unpaired) electrons. The number of carboxylic acid groups (broad SMARTS) is 2. The van der Waals surface area contributed by atoms with Crippen LogP contribution in [-0.2, 0) is 0 Å². The summed E-state index contributed by atoms with van der Waals surface area (Å²) in [6.45, 7) is 0. The average molecular weight is 353 g/mol. The van der Waals surface area contributed by atoms with Crippen molar-refractivity contribution in [1.29, 1.82) is 0 Å². The molecule has 0 aliphatic carbocycles. The Labute approximate surface area is 135 Å². The minimum absolute atomic E-state index is 0.516. The Kier molecular flexibility index (Phi) is 4.12. The van der Waals surface area contributed by atoms with Crippen LogP contribution in [0.4, 0.5) is 15.9 Å². The summed E-state index contributed by atoms with van der Waals surface area (Å²) in [5.41, 5.74) is -1.55. The van der Waals surface area contributed by atoms with Crippen LogP contribution in [-0.4, -0.2) is 37.2 Å². The second-order valence-electron chi connectivity index (χ2n) is 4.65. The van der Waals surface area contributed by atoms with E-state index in [4.69, 9.17) is 5.73 Å². The number of phenols is 1. The number of aromatic amines is 1. The molecular weight excluding hydrogens is 345 g/mol. The zero-order chi connectivity index (χ0) is 19.0. The van der Waals surface area contributed by atoms with Crippen LogP contribution in [0.3, 0.4) is 0 Å². The van der Waals surface area contributed by atoms with Crippen LogP contribution < -0.4 is 11.3 Å². The number of hydrogen-bond acceptors (Lipinski definition) is 7. The van der Waals surface area contributed by atoms with Crippen LogP contribution in [0.1, 0.15) is 20.7 Å². The van der Waals surface area contributed by atoms with E-state index in [0.29, 0.717) is 12.1 Å². The monoisotopic (exact) mass is 353 g/mol. The zero-order valence-corrected chi connectivity index (χ0v) is 11.9. The second-order valence-corrected chi connectivity index (χ2v) is 4.65. The van der Waals surface area contributed by atoms with Crippen LogP contribution >= 0.6 is 0 Å². The quantitative estimate of drug-likeness (QED) is 0.389. The Hall–Kier alpha value is -3.96. The highest BCUT2D eigenvalue weighted by atomic mass is 19.1. The van der Waals surface area contributed by atoms with Gasteiger partial charge >= 0.3 is 17.6 Å². The van der Waals surface area contributed by atoms with Crippen molar-refractivity contribution in [2.45, 2.75) is 0 Å². The molecule has 0 amide bonds. The Balaban J connectivity index is 3.15. The van der Waals surface area contributed by atoms with Gasteiger partial charge in [-0.1, -0.05) is 0 Å². The predicted molar refractivity (Wildman–Crippen MR) is 79.1 cm³/mol. The zero-order valence-electron chi connectivity index (χ0n) is 11.9. The number of benzene rings is 1. The van der Waals surface area contributed by atoms with Gasteiger partial charge in [0.2, 0.25) is 5.75 Å². The Morgan fingerprint density at radius 3 is 2.20 bits per heavy atom. The molecule has 0 spiro atoms. The molecule has 0 unspecified atom stereocenters. The van der Waals surface area contributed by atoms with E-state index in [1.165, 1.54) is 0 Å². The number of nitro groups is 1. The minimum Gasteiger partial charge on any atom is -0.502 e. The lowest BCUT2D eigenvalue weighted by Gasteiger charge is -2.13. The minimum atomic E-state index is -1.95. The lowest BCUT2D eigenvalue weighted by molar-refractivity contribution is -0.385. The molecule has 12 heteroatoms. The Bertz CT molecular complexity index is 998. The standard InChI is InChI=1S/C13H8FN3O8/c14-3-1-2-4(17(24)25)9(18)5(3)6-7(12(20)21)10(15)16-11(19)8(6)13(22)23/h1-2,18H,(H,20,21)(H,22,23)(H3,15,16,19). The van der Waals surface area contributed by atoms with E-state index < -0.39 is 67.7 Å². The first-order valence-electron chi connectivity index (χ1n) is 6.26. The number of aromatic hydroxyl groups is 1. The van der Waals surface area contributed by atoms with E-state index >= 15 is 0 Å². The summed E-state index contributed by atoms with van der Waals surface area (Å²) in [7, 11) is 0. The van der Waals surface area contributed by atoms with Gasteiger partial charge in [-0.25, -0.2) is 14.0 Å². The molecule has 2 aromatic rings. The fourth-order valence-corrected chi connectivity index (χ4v) is 2.24. The summed E-state index contributed by atoms with van der Waals surface area (Å²) < 4.78 is 14.2. The smallest absolute Gasteiger partial charge is 0.342 e. The largest absolute Gasteiger partial charge is 0.502 e. The maximum atomic E-state index is 14.2. The highest BCUT2D eigenvalue weighted by molar-refractivity contribution is 6.08. The number of carbonyl (C=O) groups is 2. The third kappa shape index (κ3) is 2.71. The topological polar surface area (TPSA) is 197 Å². The molecule has 0 saturated heterocycles. The number of pyridine rings is 1. The molecule has 0 fully saturated rings. The van der Waals surface area contributed by atoms with Gasteiger partial charge in [-0.15, -0.1) is 0 Å². The molecule has 25 heavy (non-hydrogen) atoms. The van der Waals surface area contributed by atoms with Crippen molar-refractivity contribution >= 4 is 23.4 Å². The van der Waals surface area contributed by atoms with Crippen molar-refractivity contribution in [3.05, 3.63) is 49.5 Å². The number of nitrogen functional groups attached to an aromatic ring is 1. The number of nitrogens with zero attached hydrogens (tertiary/aromatic N) is 1. The summed E-state index contributed by atoms with van der Waals surface area (Å²) in [6, 6.07) is 1.10. The molecule has 1 heterocycles. The summed E-state index contributed by atoms with van der Waals surface area (Å²) in [5.74, 6) is -7.36. The van der Waals surface area contributed by atoms with E-state index in [-0.39, 0.29) is 0 Å². The van der Waals surface area contributed by atoms with Gasteiger partial charge in [0, 0.05) is 11.6 Å². The number of aromatic nitrogens is 1. The number of carboxylic acids is 2. The number of aromatic carboxylic acids is 2. The lowest BCUT2D eigenvalue weighted by atomic mass is 9.93. The molecule has 6 N–H and O–H groups in total. The van der Waals surface area contributed by atoms with E-state index in [1.54, 1.807) is 4.98 Å². The number of halogens is 1. The van der Waals surface area contributed by atoms with Gasteiger partial charge in [0.1, 0.15) is 22.8 Å². The SMILES string of the molecule is Nc1[nH]c(=O)c(C(=O)O)c(-c2c(F)ccc([N+](=O)[O-])c2O)c1C(=O)O. The van der Waals surface area contributed by atoms with Gasteiger partial charge in [-0.2, -0.15) is 0 Å². The van der Waals surface area contributed by atoms with Crippen molar-refractivity contribution < 1.29 is 34.2 Å². The first-order valence-corrected chi connectivity index (χ1v) is 6.26. The van der Waals surface area contributed by atoms with Gasteiger partial charge in [-0.05, 0) is 6.07 Å². The van der Waals surface area contributed by atoms with E-state index in [2.05, 4.69) is 0 Å². The van der Waals surface area contributed by atoms with Crippen LogP contribution in [0.25, 0.3) is 11.1 Å². The average Bonchev–Trinajstić information content (AvgIpc) is 2.45. The van der Waals surface area contributed by atoms with Gasteiger partial charge in [-0.3, -0.25) is 14.9 Å². The number of rotatable bonds is 4. The number of phenolic OH excluding ortho intramolecular Hbond substituents is 1. The summed E-state index contributed by atoms with van der Waals surface area (Å²) in [6.07, 6.45) is 0. The van der Waals surface area contributed by atoms with Gasteiger partial charge in [0.15, 0.2) is 0 Å². The number of hydrogen-bond donors (Lipinski definition) is 5. The lowest BCUT2D eigenvalue weighted by Crippen LogP contribution is -2.24. The van der Waals surface area contributed by atoms with Gasteiger partial charge < -0.3 is 26.0 Å². The van der Waals surface area contributed by atoms with Crippen LogP contribution in [0, 0.1) is 15.9 Å². The van der Waals surface area contributed by atoms with Gasteiger partial charge in [0.05, 0.1) is 10.5 Å². The van der Waals surface area contributed by atoms with E-state index in [9.17, 15) is 44.2 Å². The summed E-state index contributed by atoms with van der Waals surface area (Å²) in [4.78, 5) is 46.2. The first-order chi connectivity index (χ1) is 11.6. The third-order valence-electron chi connectivity index (χ3n) is 3.22. The number of anilines is 1. The molecule has 0 saturated carbocycles. The maximum absolute atomic E-state index is 14.2. The number of nitrogens with two attached hydrogens (primary N) is 1. The molecule has 0 bridgehead atoms. The molecule has 0 atom stereocenters. The molecule has 1 aromatic carbocycles. The van der Waals surface area contributed by atoms with Crippen molar-refractivity contribution in [1.82, 2.24) is 4.98 Å². The summed E-state index contributed by atoms with van der Waals surface area (Å²) in [5, 5.41) is 39.3. The molecule has 2 rings (SSSR count). The van der Waals surface area contributed by atoms with Crippen molar-refractivity contribution in [2.75, 3.05) is 5.73 Å². The molecule has 0 aliphatic rings. The fourth-order valence-electron chi connectivity index (χ4n) is 2.24. The molecule has 130 valence electrons. The van der Waals surface area contributed by atoms with Crippen LogP contribution in [0.5, 0.6) is 5.75 Å². The van der Waals surface area contributed by atoms with E-state index in [1.807, 2.05) is 0 Å². The van der Waals surface area contributed by atoms with Crippen molar-refractivity contribution in [2.24, 2.45) is 0 Å². The van der Waals surface area contributed by atoms with Crippen molar-refractivity contribution in [3.63, 3.8) is 0 Å². The van der Waals surface area contributed by atoms with Crippen LogP contribution in [0.15, 0.2) is 16.9 Å². The number of nitrogens with one attached hydrogen (secondary N) is 1. The highest BCUT2D eigenvalue weighted by Gasteiger charge is 2.32. The number of H-pyrrole nitrogens is 1. The van der Waals surface area contributed by atoms with E-state index in [0.717, 1.165) is 0 Å². The maximum Gasteiger partial charge on any atom is 0.342 e. The molecule has 11 nitrogen and oxygen atoms in total. The molecule has 0 aliphatic heterocycles.